The van der Waals surface area contributed by atoms with Crippen molar-refractivity contribution >= 4 is 11.8 Å². The molecule has 2 aliphatic rings. The molecule has 2 saturated heterocycles. The van der Waals surface area contributed by atoms with Crippen LogP contribution in [0.15, 0.2) is 41.3 Å². The largest absolute Gasteiger partial charge is 0.354 e. The number of rotatable bonds is 5. The molecule has 0 atom stereocenters. The van der Waals surface area contributed by atoms with Crippen molar-refractivity contribution in [3.05, 3.63) is 52.6 Å². The second-order valence-electron chi connectivity index (χ2n) is 8.14. The number of carbonyl (C=O) groups excluding carboxylic acids is 1. The van der Waals surface area contributed by atoms with Gasteiger partial charge < -0.3 is 15.5 Å². The molecule has 31 heavy (non-hydrogen) atoms. The normalized spacial score (nSPS) is 18.2. The summed E-state index contributed by atoms with van der Waals surface area (Å²) in [5.74, 6) is 0.270. The molecule has 0 aliphatic carbocycles. The number of piperazine rings is 1. The highest BCUT2D eigenvalue weighted by Gasteiger charge is 2.18. The number of anilines is 1. The third-order valence-corrected chi connectivity index (χ3v) is 6.06. The summed E-state index contributed by atoms with van der Waals surface area (Å²) in [6.45, 7) is 5.93. The average molecular weight is 426 g/mol. The molecule has 2 aliphatic heterocycles. The Morgan fingerprint density at radius 2 is 1.81 bits per heavy atom. The molecule has 2 amide bonds. The maximum atomic E-state index is 12.5. The van der Waals surface area contributed by atoms with Crippen molar-refractivity contribution in [2.24, 2.45) is 0 Å². The Labute approximate surface area is 182 Å². The monoisotopic (exact) mass is 425 g/mol. The van der Waals surface area contributed by atoms with Crippen LogP contribution in [0, 0.1) is 0 Å². The fourth-order valence-corrected chi connectivity index (χ4v) is 4.13. The van der Waals surface area contributed by atoms with Crippen molar-refractivity contribution in [2.45, 2.75) is 25.4 Å². The van der Waals surface area contributed by atoms with Crippen LogP contribution in [0.3, 0.4) is 0 Å². The Kier molecular flexibility index (Phi) is 6.96. The molecule has 0 spiro atoms. The molecule has 0 unspecified atom stereocenters. The van der Waals surface area contributed by atoms with Gasteiger partial charge in [0.2, 0.25) is 0 Å². The van der Waals surface area contributed by atoms with Crippen molar-refractivity contribution in [3.8, 4) is 5.69 Å². The molecule has 2 fully saturated rings. The third kappa shape index (κ3) is 5.49. The van der Waals surface area contributed by atoms with Gasteiger partial charge in [0.15, 0.2) is 0 Å². The number of amides is 2. The number of piperidine rings is 1. The topological polar surface area (TPSA) is 94.5 Å². The molecule has 3 N–H and O–H groups in total. The average Bonchev–Trinajstić information content (AvgIpc) is 2.81. The standard InChI is InChI=1S/C22H31N7O2/c1-23-18-6-11-27(12-7-18)16-17-2-4-19(5-3-17)29-13-8-20(26-22(29)31)25-21(30)28-14-9-24-10-15-28/h2-5,8,13,18,23-24H,6-7,9-12,14-16H2,1H3,(H,25,26,30,31). The zero-order valence-corrected chi connectivity index (χ0v) is 18.0. The van der Waals surface area contributed by atoms with E-state index in [1.165, 1.54) is 23.0 Å². The first kappa shape index (κ1) is 21.5. The minimum atomic E-state index is -0.417. The predicted molar refractivity (Wildman–Crippen MR) is 121 cm³/mol. The van der Waals surface area contributed by atoms with E-state index in [4.69, 9.17) is 0 Å². The van der Waals surface area contributed by atoms with Gasteiger partial charge in [-0.2, -0.15) is 4.98 Å². The molecular weight excluding hydrogens is 394 g/mol. The zero-order chi connectivity index (χ0) is 21.6. The Hall–Kier alpha value is -2.75. The number of urea groups is 1. The summed E-state index contributed by atoms with van der Waals surface area (Å²) in [4.78, 5) is 33.0. The van der Waals surface area contributed by atoms with Crippen LogP contribution in [-0.4, -0.2) is 77.7 Å². The second kappa shape index (κ2) is 10.0. The molecule has 4 rings (SSSR count). The van der Waals surface area contributed by atoms with E-state index in [0.29, 0.717) is 19.1 Å². The number of hydrogen-bond donors (Lipinski definition) is 3. The number of benzene rings is 1. The van der Waals surface area contributed by atoms with E-state index < -0.39 is 5.69 Å². The first-order chi connectivity index (χ1) is 15.1. The minimum absolute atomic E-state index is 0.228. The molecule has 9 heteroatoms. The maximum Gasteiger partial charge on any atom is 0.354 e. The predicted octanol–water partition coefficient (Wildman–Crippen LogP) is 0.853. The lowest BCUT2D eigenvalue weighted by molar-refractivity contribution is 0.194. The summed E-state index contributed by atoms with van der Waals surface area (Å²) in [6, 6.07) is 10.1. The Bertz CT molecular complexity index is 930. The lowest BCUT2D eigenvalue weighted by Gasteiger charge is -2.31. The van der Waals surface area contributed by atoms with Gasteiger partial charge in [-0.3, -0.25) is 14.8 Å². The fraction of sp³-hybridized carbons (Fsp3) is 0.500. The number of hydrogen-bond acceptors (Lipinski definition) is 6. The van der Waals surface area contributed by atoms with Crippen LogP contribution in [0.1, 0.15) is 18.4 Å². The van der Waals surface area contributed by atoms with Gasteiger partial charge in [-0.15, -0.1) is 0 Å². The van der Waals surface area contributed by atoms with E-state index >= 15 is 0 Å². The van der Waals surface area contributed by atoms with Crippen LogP contribution < -0.4 is 21.6 Å². The zero-order valence-electron chi connectivity index (χ0n) is 18.0. The van der Waals surface area contributed by atoms with Gasteiger partial charge in [-0.25, -0.2) is 9.59 Å². The van der Waals surface area contributed by atoms with E-state index in [1.54, 1.807) is 17.2 Å². The quantitative estimate of drug-likeness (QED) is 0.658. The van der Waals surface area contributed by atoms with E-state index in [-0.39, 0.29) is 11.8 Å². The smallest absolute Gasteiger partial charge is 0.322 e. The van der Waals surface area contributed by atoms with Crippen molar-refractivity contribution in [1.29, 1.82) is 0 Å². The van der Waals surface area contributed by atoms with Crippen molar-refractivity contribution in [3.63, 3.8) is 0 Å². The molecule has 9 nitrogen and oxygen atoms in total. The Morgan fingerprint density at radius 3 is 2.45 bits per heavy atom. The highest BCUT2D eigenvalue weighted by atomic mass is 16.2. The molecule has 0 saturated carbocycles. The summed E-state index contributed by atoms with van der Waals surface area (Å²) in [7, 11) is 2.03. The number of nitrogens with one attached hydrogen (secondary N) is 3. The van der Waals surface area contributed by atoms with Crippen LogP contribution in [0.4, 0.5) is 10.6 Å². The van der Waals surface area contributed by atoms with E-state index in [0.717, 1.165) is 38.4 Å². The van der Waals surface area contributed by atoms with Gasteiger partial charge in [0.05, 0.1) is 5.69 Å². The van der Waals surface area contributed by atoms with Gasteiger partial charge in [-0.05, 0) is 56.7 Å². The maximum absolute atomic E-state index is 12.5. The van der Waals surface area contributed by atoms with Gasteiger partial charge >= 0.3 is 11.7 Å². The minimum Gasteiger partial charge on any atom is -0.322 e. The second-order valence-corrected chi connectivity index (χ2v) is 8.14. The van der Waals surface area contributed by atoms with E-state index in [1.807, 2.05) is 19.2 Å². The highest BCUT2D eigenvalue weighted by molar-refractivity contribution is 5.88. The summed E-state index contributed by atoms with van der Waals surface area (Å²) in [5, 5.41) is 9.28. The lowest BCUT2D eigenvalue weighted by Crippen LogP contribution is -2.48. The number of nitrogens with zero attached hydrogens (tertiary/aromatic N) is 4. The van der Waals surface area contributed by atoms with Crippen LogP contribution in [0.2, 0.25) is 0 Å². The van der Waals surface area contributed by atoms with Crippen LogP contribution in [0.5, 0.6) is 0 Å². The SMILES string of the molecule is CNC1CCN(Cc2ccc(-n3ccc(NC(=O)N4CCNCC4)nc3=O)cc2)CC1. The Morgan fingerprint density at radius 1 is 1.10 bits per heavy atom. The van der Waals surface area contributed by atoms with Gasteiger partial charge in [0.25, 0.3) is 0 Å². The summed E-state index contributed by atoms with van der Waals surface area (Å²) in [5.41, 5.74) is 1.57. The Balaban J connectivity index is 1.37. The molecule has 3 heterocycles. The molecule has 166 valence electrons. The van der Waals surface area contributed by atoms with Gasteiger partial charge in [0, 0.05) is 45.0 Å². The molecule has 2 aromatic rings. The van der Waals surface area contributed by atoms with E-state index in [9.17, 15) is 9.59 Å². The summed E-state index contributed by atoms with van der Waals surface area (Å²) in [6.07, 6.45) is 4.00. The van der Waals surface area contributed by atoms with Crippen LogP contribution in [0.25, 0.3) is 5.69 Å². The number of aromatic nitrogens is 2. The summed E-state index contributed by atoms with van der Waals surface area (Å²) >= 11 is 0. The first-order valence-corrected chi connectivity index (χ1v) is 11.0. The highest BCUT2D eigenvalue weighted by Crippen LogP contribution is 2.15. The van der Waals surface area contributed by atoms with E-state index in [2.05, 4.69) is 38.0 Å². The number of likely N-dealkylation sites (tertiary alicyclic amines) is 1. The number of carbonyl (C=O) groups is 1. The van der Waals surface area contributed by atoms with Crippen molar-refractivity contribution < 1.29 is 4.79 Å². The molecule has 1 aromatic heterocycles. The van der Waals surface area contributed by atoms with Gasteiger partial charge in [-0.1, -0.05) is 12.1 Å². The molecule has 0 bridgehead atoms. The van der Waals surface area contributed by atoms with Gasteiger partial charge in [0.1, 0.15) is 5.82 Å². The van der Waals surface area contributed by atoms with Crippen LogP contribution in [-0.2, 0) is 6.54 Å². The van der Waals surface area contributed by atoms with Crippen molar-refractivity contribution in [2.75, 3.05) is 51.6 Å². The fourth-order valence-electron chi connectivity index (χ4n) is 4.13. The summed E-state index contributed by atoms with van der Waals surface area (Å²) < 4.78 is 1.49. The molecule has 1 aromatic carbocycles. The molecule has 0 radical (unpaired) electrons. The van der Waals surface area contributed by atoms with Crippen molar-refractivity contribution in [1.82, 2.24) is 30.0 Å². The lowest BCUT2D eigenvalue weighted by atomic mass is 10.0. The first-order valence-electron chi connectivity index (χ1n) is 11.0. The third-order valence-electron chi connectivity index (χ3n) is 6.06. The van der Waals surface area contributed by atoms with Crippen LogP contribution >= 0.6 is 0 Å². The molecular formula is C22H31N7O2.